The van der Waals surface area contributed by atoms with Gasteiger partial charge >= 0.3 is 0 Å². The highest BCUT2D eigenvalue weighted by atomic mass is 19.1. The molecule has 2 fully saturated rings. The molecule has 5 nitrogen and oxygen atoms in total. The minimum absolute atomic E-state index is 0.245. The van der Waals surface area contributed by atoms with E-state index in [0.717, 1.165) is 5.56 Å². The Morgan fingerprint density at radius 3 is 2.82 bits per heavy atom. The van der Waals surface area contributed by atoms with Gasteiger partial charge in [-0.15, -0.1) is 0 Å². The number of ether oxygens (including phenoxy) is 1. The Morgan fingerprint density at radius 2 is 2.14 bits per heavy atom. The number of nitrogens with zero attached hydrogens (tertiary/aromatic N) is 1. The third-order valence-corrected chi connectivity index (χ3v) is 4.74. The number of likely N-dealkylation sites (tertiary alicyclic amines) is 1. The van der Waals surface area contributed by atoms with Crippen molar-refractivity contribution < 1.29 is 23.8 Å². The summed E-state index contributed by atoms with van der Waals surface area (Å²) in [4.78, 5) is 25.5. The van der Waals surface area contributed by atoms with Gasteiger partial charge in [0.2, 0.25) is 5.91 Å². The Kier molecular flexibility index (Phi) is 2.69. The second-order valence-corrected chi connectivity index (χ2v) is 6.04. The van der Waals surface area contributed by atoms with Crippen molar-refractivity contribution in [2.75, 3.05) is 6.54 Å². The average Bonchev–Trinajstić information content (AvgIpc) is 3.10. The smallest absolute Gasteiger partial charge is 0.230 e. The molecular weight excluding hydrogens is 289 g/mol. The number of rotatable bonds is 3. The number of aliphatic carboxylic acids is 1. The second kappa shape index (κ2) is 4.39. The molecule has 2 bridgehead atoms. The van der Waals surface area contributed by atoms with Gasteiger partial charge in [-0.05, 0) is 17.7 Å². The molecule has 2 saturated heterocycles. The summed E-state index contributed by atoms with van der Waals surface area (Å²) in [5.74, 6) is -3.50. The van der Waals surface area contributed by atoms with Crippen molar-refractivity contribution >= 4 is 11.9 Å². The third-order valence-electron chi connectivity index (χ3n) is 4.74. The van der Waals surface area contributed by atoms with Gasteiger partial charge in [0.05, 0.1) is 18.6 Å². The van der Waals surface area contributed by atoms with Crippen molar-refractivity contribution in [3.63, 3.8) is 0 Å². The zero-order valence-corrected chi connectivity index (χ0v) is 11.6. The van der Waals surface area contributed by atoms with Crippen molar-refractivity contribution in [1.29, 1.82) is 0 Å². The second-order valence-electron chi connectivity index (χ2n) is 6.04. The van der Waals surface area contributed by atoms with Crippen LogP contribution in [0.25, 0.3) is 0 Å². The van der Waals surface area contributed by atoms with Crippen molar-refractivity contribution in [2.45, 2.75) is 18.2 Å². The molecule has 1 amide bonds. The highest BCUT2D eigenvalue weighted by Crippen LogP contribution is 2.51. The lowest BCUT2D eigenvalue weighted by molar-refractivity contribution is -0.313. The maximum atomic E-state index is 12.9. The Balaban J connectivity index is 1.61. The fourth-order valence-electron chi connectivity index (χ4n) is 3.79. The minimum Gasteiger partial charge on any atom is -0.550 e. The van der Waals surface area contributed by atoms with E-state index in [0.29, 0.717) is 13.1 Å². The third kappa shape index (κ3) is 1.73. The SMILES string of the molecule is O=C([O-])[C@H]1[C@@H]2C=C[C@@]3(CN(Cc4ccc(F)cc4)C(=O)[C@@H]13)O2. The van der Waals surface area contributed by atoms with Gasteiger partial charge in [0, 0.05) is 18.4 Å². The first-order valence-electron chi connectivity index (χ1n) is 7.11. The normalized spacial score (nSPS) is 35.2. The van der Waals surface area contributed by atoms with Crippen molar-refractivity contribution in [2.24, 2.45) is 11.8 Å². The lowest BCUT2D eigenvalue weighted by Gasteiger charge is -2.24. The highest BCUT2D eigenvalue weighted by molar-refractivity contribution is 5.90. The molecule has 4 atom stereocenters. The van der Waals surface area contributed by atoms with Gasteiger partial charge in [0.25, 0.3) is 0 Å². The highest BCUT2D eigenvalue weighted by Gasteiger charge is 2.65. The van der Waals surface area contributed by atoms with Gasteiger partial charge < -0.3 is 19.5 Å². The summed E-state index contributed by atoms with van der Waals surface area (Å²) >= 11 is 0. The summed E-state index contributed by atoms with van der Waals surface area (Å²) in [6, 6.07) is 5.89. The molecule has 4 rings (SSSR count). The summed E-state index contributed by atoms with van der Waals surface area (Å²) in [6.45, 7) is 0.615. The molecule has 0 aliphatic carbocycles. The lowest BCUT2D eigenvalue weighted by atomic mass is 9.77. The quantitative estimate of drug-likeness (QED) is 0.729. The number of benzene rings is 1. The van der Waals surface area contributed by atoms with Crippen LogP contribution in [-0.2, 0) is 20.9 Å². The molecule has 0 unspecified atom stereocenters. The standard InChI is InChI=1S/C16H14FNO4/c17-10-3-1-9(2-4-10)7-18-8-16-6-5-11(22-16)12(15(20)21)13(16)14(18)19/h1-6,11-13H,7-8H2,(H,20,21)/p-1/t11-,12-,13+,16-/m0/s1. The van der Waals surface area contributed by atoms with Crippen LogP contribution in [0, 0.1) is 17.7 Å². The molecule has 0 saturated carbocycles. The van der Waals surface area contributed by atoms with E-state index in [4.69, 9.17) is 4.74 Å². The number of hydrogen-bond acceptors (Lipinski definition) is 4. The maximum absolute atomic E-state index is 12.9. The molecule has 3 aliphatic rings. The monoisotopic (exact) mass is 302 g/mol. The largest absolute Gasteiger partial charge is 0.550 e. The van der Waals surface area contributed by atoms with Gasteiger partial charge in [0.15, 0.2) is 0 Å². The van der Waals surface area contributed by atoms with E-state index in [1.165, 1.54) is 12.1 Å². The van der Waals surface area contributed by atoms with E-state index in [1.54, 1.807) is 29.2 Å². The Hall–Kier alpha value is -2.21. The molecule has 0 N–H and O–H groups in total. The van der Waals surface area contributed by atoms with Crippen LogP contribution >= 0.6 is 0 Å². The average molecular weight is 302 g/mol. The van der Waals surface area contributed by atoms with E-state index in [9.17, 15) is 19.1 Å². The first-order chi connectivity index (χ1) is 10.5. The van der Waals surface area contributed by atoms with Gasteiger partial charge in [-0.1, -0.05) is 24.3 Å². The zero-order valence-electron chi connectivity index (χ0n) is 11.6. The van der Waals surface area contributed by atoms with Gasteiger partial charge in [-0.2, -0.15) is 0 Å². The topological polar surface area (TPSA) is 69.7 Å². The van der Waals surface area contributed by atoms with Crippen molar-refractivity contribution in [1.82, 2.24) is 4.90 Å². The molecule has 3 aliphatic heterocycles. The molecule has 114 valence electrons. The fraction of sp³-hybridized carbons (Fsp3) is 0.375. The number of carbonyl (C=O) groups excluding carboxylic acids is 2. The summed E-state index contributed by atoms with van der Waals surface area (Å²) in [5, 5.41) is 11.3. The number of hydrogen-bond donors (Lipinski definition) is 0. The first kappa shape index (κ1) is 13.5. The van der Waals surface area contributed by atoms with E-state index in [-0.39, 0.29) is 11.7 Å². The molecule has 3 heterocycles. The van der Waals surface area contributed by atoms with Crippen LogP contribution in [0.5, 0.6) is 0 Å². The van der Waals surface area contributed by atoms with Crippen LogP contribution in [0.1, 0.15) is 5.56 Å². The summed E-state index contributed by atoms with van der Waals surface area (Å²) in [5.41, 5.74) is -0.0679. The molecule has 1 aromatic carbocycles. The van der Waals surface area contributed by atoms with E-state index < -0.39 is 29.5 Å². The molecule has 1 aromatic rings. The summed E-state index contributed by atoms with van der Waals surface area (Å²) < 4.78 is 18.7. The number of carboxylic acid groups (broad SMARTS) is 1. The van der Waals surface area contributed by atoms with E-state index >= 15 is 0 Å². The van der Waals surface area contributed by atoms with Crippen molar-refractivity contribution in [3.05, 3.63) is 47.8 Å². The van der Waals surface area contributed by atoms with E-state index in [2.05, 4.69) is 0 Å². The maximum Gasteiger partial charge on any atom is 0.230 e. The predicted octanol–water partition coefficient (Wildman–Crippen LogP) is -0.142. The molecule has 22 heavy (non-hydrogen) atoms. The van der Waals surface area contributed by atoms with Crippen LogP contribution in [0.15, 0.2) is 36.4 Å². The summed E-state index contributed by atoms with van der Waals surface area (Å²) in [7, 11) is 0. The Labute approximate surface area is 126 Å². The number of carboxylic acids is 1. The molecule has 0 radical (unpaired) electrons. The van der Waals surface area contributed by atoms with Crippen LogP contribution in [-0.4, -0.2) is 35.0 Å². The number of halogens is 1. The minimum atomic E-state index is -1.25. The Bertz CT molecular complexity index is 686. The van der Waals surface area contributed by atoms with Gasteiger partial charge in [-0.25, -0.2) is 4.39 Å². The number of amides is 1. The molecule has 6 heteroatoms. The van der Waals surface area contributed by atoms with Crippen LogP contribution < -0.4 is 5.11 Å². The fourth-order valence-corrected chi connectivity index (χ4v) is 3.79. The molecular formula is C16H13FNO4-. The van der Waals surface area contributed by atoms with Crippen molar-refractivity contribution in [3.8, 4) is 0 Å². The number of fused-ring (bicyclic) bond motifs is 1. The summed E-state index contributed by atoms with van der Waals surface area (Å²) in [6.07, 6.45) is 2.92. The van der Waals surface area contributed by atoms with Gasteiger partial charge in [0.1, 0.15) is 11.4 Å². The lowest BCUT2D eigenvalue weighted by Crippen LogP contribution is -2.45. The predicted molar refractivity (Wildman–Crippen MR) is 70.5 cm³/mol. The molecule has 0 aromatic heterocycles. The first-order valence-corrected chi connectivity index (χ1v) is 7.11. The Morgan fingerprint density at radius 1 is 1.41 bits per heavy atom. The van der Waals surface area contributed by atoms with Crippen LogP contribution in [0.2, 0.25) is 0 Å². The van der Waals surface area contributed by atoms with E-state index in [1.807, 2.05) is 0 Å². The number of carbonyl (C=O) groups is 2. The zero-order chi connectivity index (χ0) is 15.5. The van der Waals surface area contributed by atoms with Crippen LogP contribution in [0.4, 0.5) is 4.39 Å². The van der Waals surface area contributed by atoms with Crippen LogP contribution in [0.3, 0.4) is 0 Å². The molecule has 1 spiro atoms. The van der Waals surface area contributed by atoms with Gasteiger partial charge in [-0.3, -0.25) is 4.79 Å².